The highest BCUT2D eigenvalue weighted by atomic mass is 35.5. The number of carbonyl (C=O) groups excluding carboxylic acids is 1. The normalized spacial score (nSPS) is 12.2. The number of rotatable bonds is 5. The molecule has 0 saturated heterocycles. The molecular weight excluding hydrogens is 436 g/mol. The van der Waals surface area contributed by atoms with Gasteiger partial charge in [-0.15, -0.1) is 12.4 Å². The van der Waals surface area contributed by atoms with Gasteiger partial charge in [-0.3, -0.25) is 4.79 Å². The first-order valence-corrected chi connectivity index (χ1v) is 10.5. The number of nitrogens with two attached hydrogens (primary N) is 2. The molecule has 0 unspecified atom stereocenters. The Balaban J connectivity index is 0.00000306. The van der Waals surface area contributed by atoms with E-state index in [0.29, 0.717) is 30.8 Å². The highest BCUT2D eigenvalue weighted by Crippen LogP contribution is 2.31. The second-order valence-corrected chi connectivity index (χ2v) is 7.78. The standard InChI is InChI=1S/C26H26N4O2.ClH/c1-17-2-6-19(7-3-17)20-8-11-24-22(14-20)15-21(12-13-32-24)25(31)30-23-9-4-18(5-10-23)16-29-26(27)28;/h2-11,14-15H,12-13,16H2,1H3,(H,30,31)(H4,27,28,29);1H. The number of guanidine groups is 1. The molecule has 0 bridgehead atoms. The SMILES string of the molecule is Cc1ccc(-c2ccc3c(c2)C=C(C(=O)Nc2ccc(CN=C(N)N)cc2)CCO3)cc1.Cl. The molecule has 4 rings (SSSR count). The fraction of sp³-hybridized carbons (Fsp3) is 0.154. The molecule has 1 heterocycles. The first-order valence-electron chi connectivity index (χ1n) is 10.5. The van der Waals surface area contributed by atoms with Gasteiger partial charge in [0.25, 0.3) is 5.91 Å². The van der Waals surface area contributed by atoms with Crippen molar-refractivity contribution in [3.63, 3.8) is 0 Å². The molecule has 3 aromatic carbocycles. The molecule has 0 fully saturated rings. The van der Waals surface area contributed by atoms with Crippen LogP contribution in [0, 0.1) is 6.92 Å². The average Bonchev–Trinajstić information content (AvgIpc) is 3.01. The van der Waals surface area contributed by atoms with Crippen molar-refractivity contribution in [3.8, 4) is 16.9 Å². The van der Waals surface area contributed by atoms with Gasteiger partial charge in [0.15, 0.2) is 5.96 Å². The number of carbonyl (C=O) groups is 1. The zero-order chi connectivity index (χ0) is 22.5. The summed E-state index contributed by atoms with van der Waals surface area (Å²) in [6, 6.07) is 21.9. The summed E-state index contributed by atoms with van der Waals surface area (Å²) in [7, 11) is 0. The van der Waals surface area contributed by atoms with E-state index in [-0.39, 0.29) is 24.3 Å². The van der Waals surface area contributed by atoms with Crippen LogP contribution in [0.15, 0.2) is 77.3 Å². The molecule has 7 heteroatoms. The summed E-state index contributed by atoms with van der Waals surface area (Å²) in [5.74, 6) is 0.697. The minimum absolute atomic E-state index is 0. The molecule has 0 atom stereocenters. The number of benzene rings is 3. The number of hydrogen-bond acceptors (Lipinski definition) is 3. The maximum atomic E-state index is 12.9. The lowest BCUT2D eigenvalue weighted by molar-refractivity contribution is -0.113. The van der Waals surface area contributed by atoms with Crippen molar-refractivity contribution in [3.05, 3.63) is 89.0 Å². The third kappa shape index (κ3) is 6.14. The van der Waals surface area contributed by atoms with Crippen molar-refractivity contribution in [1.29, 1.82) is 0 Å². The zero-order valence-electron chi connectivity index (χ0n) is 18.4. The summed E-state index contributed by atoms with van der Waals surface area (Å²) >= 11 is 0. The Morgan fingerprint density at radius 2 is 1.70 bits per heavy atom. The van der Waals surface area contributed by atoms with E-state index in [9.17, 15) is 4.79 Å². The van der Waals surface area contributed by atoms with Crippen LogP contribution in [-0.2, 0) is 11.3 Å². The number of fused-ring (bicyclic) bond motifs is 1. The maximum absolute atomic E-state index is 12.9. The Labute approximate surface area is 199 Å². The van der Waals surface area contributed by atoms with E-state index in [1.165, 1.54) is 5.56 Å². The van der Waals surface area contributed by atoms with Gasteiger partial charge in [-0.1, -0.05) is 48.0 Å². The Hall–Kier alpha value is -3.77. The monoisotopic (exact) mass is 462 g/mol. The number of ether oxygens (including phenoxy) is 1. The zero-order valence-corrected chi connectivity index (χ0v) is 19.2. The minimum Gasteiger partial charge on any atom is -0.493 e. The Morgan fingerprint density at radius 1 is 1.00 bits per heavy atom. The Bertz CT molecular complexity index is 1180. The van der Waals surface area contributed by atoms with Crippen LogP contribution in [0.5, 0.6) is 5.75 Å². The fourth-order valence-corrected chi connectivity index (χ4v) is 3.52. The molecule has 6 nitrogen and oxygen atoms in total. The van der Waals surface area contributed by atoms with Crippen molar-refractivity contribution < 1.29 is 9.53 Å². The predicted molar refractivity (Wildman–Crippen MR) is 137 cm³/mol. The minimum atomic E-state index is -0.140. The van der Waals surface area contributed by atoms with Crippen LogP contribution >= 0.6 is 12.4 Å². The lowest BCUT2D eigenvalue weighted by Crippen LogP contribution is -2.22. The first-order chi connectivity index (χ1) is 15.5. The van der Waals surface area contributed by atoms with Crippen LogP contribution in [0.25, 0.3) is 17.2 Å². The van der Waals surface area contributed by atoms with E-state index >= 15 is 0 Å². The number of aliphatic imine (C=N–C) groups is 1. The number of aryl methyl sites for hydroxylation is 1. The summed E-state index contributed by atoms with van der Waals surface area (Å²) in [5, 5.41) is 2.97. The second kappa shape index (κ2) is 10.7. The summed E-state index contributed by atoms with van der Waals surface area (Å²) in [4.78, 5) is 16.9. The number of nitrogens with one attached hydrogen (secondary N) is 1. The van der Waals surface area contributed by atoms with E-state index in [2.05, 4.69) is 47.6 Å². The molecule has 0 spiro atoms. The molecule has 3 aromatic rings. The van der Waals surface area contributed by atoms with Gasteiger partial charge in [0.1, 0.15) is 5.75 Å². The quantitative estimate of drug-likeness (QED) is 0.379. The highest BCUT2D eigenvalue weighted by molar-refractivity contribution is 6.07. The van der Waals surface area contributed by atoms with E-state index in [0.717, 1.165) is 28.0 Å². The van der Waals surface area contributed by atoms with Gasteiger partial charge < -0.3 is 21.5 Å². The van der Waals surface area contributed by atoms with Gasteiger partial charge >= 0.3 is 0 Å². The van der Waals surface area contributed by atoms with Crippen LogP contribution in [0.4, 0.5) is 5.69 Å². The lowest BCUT2D eigenvalue weighted by Gasteiger charge is -2.09. The molecule has 0 radical (unpaired) electrons. The van der Waals surface area contributed by atoms with Crippen molar-refractivity contribution in [2.24, 2.45) is 16.5 Å². The first kappa shape index (κ1) is 23.9. The largest absolute Gasteiger partial charge is 0.493 e. The van der Waals surface area contributed by atoms with Crippen molar-refractivity contribution >= 4 is 36.0 Å². The Morgan fingerprint density at radius 3 is 2.39 bits per heavy atom. The topological polar surface area (TPSA) is 103 Å². The van der Waals surface area contributed by atoms with E-state index in [1.54, 1.807) is 0 Å². The van der Waals surface area contributed by atoms with E-state index in [1.807, 2.05) is 42.5 Å². The van der Waals surface area contributed by atoms with Gasteiger partial charge in [-0.25, -0.2) is 4.99 Å². The molecule has 33 heavy (non-hydrogen) atoms. The van der Waals surface area contributed by atoms with Crippen LogP contribution in [0.3, 0.4) is 0 Å². The molecule has 5 N–H and O–H groups in total. The van der Waals surface area contributed by atoms with Crippen molar-refractivity contribution in [1.82, 2.24) is 0 Å². The van der Waals surface area contributed by atoms with E-state index < -0.39 is 0 Å². The molecule has 0 aliphatic carbocycles. The smallest absolute Gasteiger partial charge is 0.251 e. The summed E-state index contributed by atoms with van der Waals surface area (Å²) in [6.07, 6.45) is 2.45. The van der Waals surface area contributed by atoms with Crippen LogP contribution in [0.1, 0.15) is 23.1 Å². The second-order valence-electron chi connectivity index (χ2n) is 7.78. The maximum Gasteiger partial charge on any atom is 0.251 e. The number of amides is 1. The highest BCUT2D eigenvalue weighted by Gasteiger charge is 2.16. The number of hydrogen-bond donors (Lipinski definition) is 3. The summed E-state index contributed by atoms with van der Waals surface area (Å²) < 4.78 is 5.89. The number of anilines is 1. The fourth-order valence-electron chi connectivity index (χ4n) is 3.52. The molecule has 1 aliphatic heterocycles. The van der Waals surface area contributed by atoms with Crippen LogP contribution < -0.4 is 21.5 Å². The summed E-state index contributed by atoms with van der Waals surface area (Å²) in [6.45, 7) is 2.92. The molecule has 1 aliphatic rings. The van der Waals surface area contributed by atoms with Gasteiger partial charge in [-0.05, 0) is 54.0 Å². The third-order valence-electron chi connectivity index (χ3n) is 5.30. The van der Waals surface area contributed by atoms with Gasteiger partial charge in [-0.2, -0.15) is 0 Å². The average molecular weight is 463 g/mol. The van der Waals surface area contributed by atoms with E-state index in [4.69, 9.17) is 16.2 Å². The predicted octanol–water partition coefficient (Wildman–Crippen LogP) is 4.66. The van der Waals surface area contributed by atoms with Crippen LogP contribution in [-0.4, -0.2) is 18.5 Å². The van der Waals surface area contributed by atoms with Crippen molar-refractivity contribution in [2.45, 2.75) is 19.9 Å². The van der Waals surface area contributed by atoms with Gasteiger partial charge in [0, 0.05) is 23.2 Å². The van der Waals surface area contributed by atoms with Crippen LogP contribution in [0.2, 0.25) is 0 Å². The van der Waals surface area contributed by atoms with Crippen molar-refractivity contribution in [2.75, 3.05) is 11.9 Å². The molecular formula is C26H27ClN4O2. The lowest BCUT2D eigenvalue weighted by atomic mass is 10.00. The molecule has 170 valence electrons. The van der Waals surface area contributed by atoms with Gasteiger partial charge in [0.2, 0.25) is 0 Å². The molecule has 0 aromatic heterocycles. The third-order valence-corrected chi connectivity index (χ3v) is 5.30. The molecule has 1 amide bonds. The Kier molecular flexibility index (Phi) is 7.74. The summed E-state index contributed by atoms with van der Waals surface area (Å²) in [5.41, 5.74) is 17.4. The number of halogens is 1. The molecule has 0 saturated carbocycles. The number of nitrogens with zero attached hydrogens (tertiary/aromatic N) is 1. The van der Waals surface area contributed by atoms with Gasteiger partial charge in [0.05, 0.1) is 13.2 Å².